The Labute approximate surface area is 126 Å². The minimum absolute atomic E-state index is 0.108. The molecule has 1 rings (SSSR count). The van der Waals surface area contributed by atoms with Crippen molar-refractivity contribution >= 4 is 21.6 Å². The van der Waals surface area contributed by atoms with Crippen molar-refractivity contribution in [1.29, 1.82) is 0 Å². The van der Waals surface area contributed by atoms with Gasteiger partial charge in [-0.3, -0.25) is 4.79 Å². The van der Waals surface area contributed by atoms with E-state index in [1.807, 2.05) is 6.92 Å². The molecule has 0 aromatic heterocycles. The summed E-state index contributed by atoms with van der Waals surface area (Å²) >= 11 is 0. The highest BCUT2D eigenvalue weighted by atomic mass is 32.2. The first-order valence-electron chi connectivity index (χ1n) is 6.93. The lowest BCUT2D eigenvalue weighted by Gasteiger charge is -2.19. The monoisotopic (exact) mass is 313 g/mol. The summed E-state index contributed by atoms with van der Waals surface area (Å²) in [6.45, 7) is 6.33. The van der Waals surface area contributed by atoms with Gasteiger partial charge in [-0.1, -0.05) is 20.8 Å². The van der Waals surface area contributed by atoms with Crippen LogP contribution < -0.4 is 15.8 Å². The third-order valence-corrected chi connectivity index (χ3v) is 4.46. The number of primary amides is 1. The van der Waals surface area contributed by atoms with Crippen LogP contribution in [0.2, 0.25) is 0 Å². The van der Waals surface area contributed by atoms with Crippen LogP contribution in [0.1, 0.15) is 27.2 Å². The first-order valence-corrected chi connectivity index (χ1v) is 8.41. The number of hydrogen-bond acceptors (Lipinski definition) is 4. The molecule has 21 heavy (non-hydrogen) atoms. The summed E-state index contributed by atoms with van der Waals surface area (Å²) in [5.41, 5.74) is 6.08. The zero-order valence-corrected chi connectivity index (χ0v) is 13.4. The lowest BCUT2D eigenvalue weighted by atomic mass is 10.1. The number of amides is 1. The van der Waals surface area contributed by atoms with Gasteiger partial charge in [-0.2, -0.15) is 4.72 Å². The van der Waals surface area contributed by atoms with Gasteiger partial charge in [-0.05, 0) is 36.6 Å². The summed E-state index contributed by atoms with van der Waals surface area (Å²) < 4.78 is 26.8. The minimum Gasteiger partial charge on any atom is -0.385 e. The average Bonchev–Trinajstić information content (AvgIpc) is 2.42. The molecule has 0 saturated carbocycles. The lowest BCUT2D eigenvalue weighted by Crippen LogP contribution is -2.47. The Morgan fingerprint density at radius 2 is 1.81 bits per heavy atom. The van der Waals surface area contributed by atoms with Crippen molar-refractivity contribution in [3.05, 3.63) is 24.3 Å². The fourth-order valence-electron chi connectivity index (χ4n) is 1.78. The van der Waals surface area contributed by atoms with Gasteiger partial charge in [0.2, 0.25) is 15.9 Å². The van der Waals surface area contributed by atoms with Crippen molar-refractivity contribution in [1.82, 2.24) is 4.72 Å². The average molecular weight is 313 g/mol. The van der Waals surface area contributed by atoms with E-state index in [4.69, 9.17) is 5.73 Å². The van der Waals surface area contributed by atoms with E-state index in [9.17, 15) is 13.2 Å². The number of anilines is 1. The molecule has 0 aliphatic rings. The van der Waals surface area contributed by atoms with Crippen LogP contribution in [0, 0.1) is 5.92 Å². The standard InChI is InChI=1S/C14H23N3O3S/c1-4-9-16-11-5-7-12(8-6-11)21(19,20)17-13(10(2)3)14(15)18/h5-8,10,13,16-17H,4,9H2,1-3H3,(H2,15,18). The second-order valence-electron chi connectivity index (χ2n) is 5.20. The molecule has 0 aliphatic carbocycles. The predicted molar refractivity (Wildman–Crippen MR) is 83.4 cm³/mol. The van der Waals surface area contributed by atoms with Crippen LogP contribution in [0.25, 0.3) is 0 Å². The molecule has 0 heterocycles. The summed E-state index contributed by atoms with van der Waals surface area (Å²) in [5, 5.41) is 3.16. The maximum atomic E-state index is 12.2. The molecule has 0 saturated heterocycles. The molecule has 1 unspecified atom stereocenters. The Bertz CT molecular complexity index is 568. The van der Waals surface area contributed by atoms with E-state index in [1.54, 1.807) is 26.0 Å². The van der Waals surface area contributed by atoms with Crippen molar-refractivity contribution in [3.8, 4) is 0 Å². The molecule has 1 atom stereocenters. The first-order chi connectivity index (χ1) is 9.77. The van der Waals surface area contributed by atoms with Crippen LogP contribution in [-0.4, -0.2) is 26.9 Å². The molecule has 0 spiro atoms. The minimum atomic E-state index is -3.77. The maximum Gasteiger partial charge on any atom is 0.241 e. The van der Waals surface area contributed by atoms with Crippen LogP contribution in [0.15, 0.2) is 29.2 Å². The molecular formula is C14H23N3O3S. The van der Waals surface area contributed by atoms with Crippen molar-refractivity contribution in [3.63, 3.8) is 0 Å². The largest absolute Gasteiger partial charge is 0.385 e. The lowest BCUT2D eigenvalue weighted by molar-refractivity contribution is -0.120. The van der Waals surface area contributed by atoms with E-state index < -0.39 is 22.0 Å². The second-order valence-corrected chi connectivity index (χ2v) is 6.91. The van der Waals surface area contributed by atoms with Gasteiger partial charge >= 0.3 is 0 Å². The third kappa shape index (κ3) is 5.02. The normalized spacial score (nSPS) is 13.1. The highest BCUT2D eigenvalue weighted by Crippen LogP contribution is 2.15. The number of carbonyl (C=O) groups is 1. The third-order valence-electron chi connectivity index (χ3n) is 3.00. The second kappa shape index (κ2) is 7.42. The summed E-state index contributed by atoms with van der Waals surface area (Å²) in [5.74, 6) is -0.905. The Morgan fingerprint density at radius 3 is 2.24 bits per heavy atom. The van der Waals surface area contributed by atoms with Crippen LogP contribution in [0.5, 0.6) is 0 Å². The molecule has 1 aromatic carbocycles. The molecule has 0 radical (unpaired) electrons. The molecular weight excluding hydrogens is 290 g/mol. The molecule has 1 amide bonds. The highest BCUT2D eigenvalue weighted by molar-refractivity contribution is 7.89. The number of benzene rings is 1. The van der Waals surface area contributed by atoms with Crippen LogP contribution in [-0.2, 0) is 14.8 Å². The predicted octanol–water partition coefficient (Wildman–Crippen LogP) is 1.30. The van der Waals surface area contributed by atoms with Gasteiger partial charge in [0.1, 0.15) is 6.04 Å². The van der Waals surface area contributed by atoms with Gasteiger partial charge < -0.3 is 11.1 Å². The Kier molecular flexibility index (Phi) is 6.17. The van der Waals surface area contributed by atoms with Crippen LogP contribution in [0.3, 0.4) is 0 Å². The van der Waals surface area contributed by atoms with Crippen LogP contribution in [0.4, 0.5) is 5.69 Å². The summed E-state index contributed by atoms with van der Waals surface area (Å²) in [7, 11) is -3.77. The summed E-state index contributed by atoms with van der Waals surface area (Å²) in [6.07, 6.45) is 0.982. The van der Waals surface area contributed by atoms with Gasteiger partial charge in [0.15, 0.2) is 0 Å². The smallest absolute Gasteiger partial charge is 0.241 e. The molecule has 6 nitrogen and oxygen atoms in total. The number of hydrogen-bond donors (Lipinski definition) is 3. The zero-order chi connectivity index (χ0) is 16.0. The topological polar surface area (TPSA) is 101 Å². The Morgan fingerprint density at radius 1 is 1.24 bits per heavy atom. The Hall–Kier alpha value is -1.60. The van der Waals surface area contributed by atoms with E-state index in [-0.39, 0.29) is 10.8 Å². The number of rotatable bonds is 8. The maximum absolute atomic E-state index is 12.2. The fraction of sp³-hybridized carbons (Fsp3) is 0.500. The van der Waals surface area contributed by atoms with Gasteiger partial charge in [-0.25, -0.2) is 8.42 Å². The highest BCUT2D eigenvalue weighted by Gasteiger charge is 2.26. The first kappa shape index (κ1) is 17.5. The summed E-state index contributed by atoms with van der Waals surface area (Å²) in [6, 6.07) is 5.46. The molecule has 4 N–H and O–H groups in total. The van der Waals surface area contributed by atoms with Crippen LogP contribution >= 0.6 is 0 Å². The molecule has 0 fully saturated rings. The number of sulfonamides is 1. The molecule has 118 valence electrons. The van der Waals surface area contributed by atoms with E-state index in [1.165, 1.54) is 12.1 Å². The van der Waals surface area contributed by atoms with Crippen molar-refractivity contribution in [2.45, 2.75) is 38.1 Å². The van der Waals surface area contributed by atoms with Gasteiger partial charge in [0, 0.05) is 12.2 Å². The van der Waals surface area contributed by atoms with E-state index in [2.05, 4.69) is 10.0 Å². The number of nitrogens with two attached hydrogens (primary N) is 1. The quantitative estimate of drug-likeness (QED) is 0.673. The van der Waals surface area contributed by atoms with E-state index in [0.29, 0.717) is 0 Å². The van der Waals surface area contributed by atoms with E-state index >= 15 is 0 Å². The molecule has 1 aromatic rings. The number of carbonyl (C=O) groups excluding carboxylic acids is 1. The van der Waals surface area contributed by atoms with Gasteiger partial charge in [0.25, 0.3) is 0 Å². The summed E-state index contributed by atoms with van der Waals surface area (Å²) in [4.78, 5) is 11.4. The SMILES string of the molecule is CCCNc1ccc(S(=O)(=O)NC(C(N)=O)C(C)C)cc1. The number of nitrogens with one attached hydrogen (secondary N) is 2. The van der Waals surface area contributed by atoms with Crippen molar-refractivity contribution in [2.75, 3.05) is 11.9 Å². The zero-order valence-electron chi connectivity index (χ0n) is 12.6. The van der Waals surface area contributed by atoms with Crippen molar-refractivity contribution < 1.29 is 13.2 Å². The van der Waals surface area contributed by atoms with E-state index in [0.717, 1.165) is 18.7 Å². The molecule has 0 bridgehead atoms. The van der Waals surface area contributed by atoms with Crippen molar-refractivity contribution in [2.24, 2.45) is 11.7 Å². The fourth-order valence-corrected chi connectivity index (χ4v) is 3.13. The van der Waals surface area contributed by atoms with Gasteiger partial charge in [0.05, 0.1) is 4.90 Å². The molecule has 7 heteroatoms. The molecule has 0 aliphatic heterocycles. The Balaban J connectivity index is 2.89. The van der Waals surface area contributed by atoms with Gasteiger partial charge in [-0.15, -0.1) is 0 Å².